The Morgan fingerprint density at radius 1 is 0.769 bits per heavy atom. The summed E-state index contributed by atoms with van der Waals surface area (Å²) >= 11 is 0. The molecule has 1 aliphatic heterocycles. The highest BCUT2D eigenvalue weighted by Gasteiger charge is 2.29. The third-order valence-corrected chi connectivity index (χ3v) is 10.4. The Morgan fingerprint density at radius 2 is 1.28 bits per heavy atom. The van der Waals surface area contributed by atoms with Crippen LogP contribution in [0.15, 0.2) is 82.6 Å². The standard InChI is InChI=1S/C28H34N4O5S2/c1-22-4-8-24(9-5-22)20-32(39(36,37)26-12-6-23(2)7-13-26)21-28(33)29-25-10-14-27(15-11-25)38(34,35)31-18-16-30(3)17-19-31/h4-15H,16-21H2,1-3H3,(H,29,33). The summed E-state index contributed by atoms with van der Waals surface area (Å²) in [6, 6.07) is 19.9. The van der Waals surface area contributed by atoms with Gasteiger partial charge in [-0.25, -0.2) is 16.8 Å². The normalized spacial score (nSPS) is 15.4. The Bertz CT molecular complexity index is 1500. The number of hydrogen-bond acceptors (Lipinski definition) is 6. The maximum atomic E-state index is 13.5. The number of carbonyl (C=O) groups is 1. The van der Waals surface area contributed by atoms with Crippen LogP contribution in [0, 0.1) is 13.8 Å². The molecule has 0 saturated carbocycles. The lowest BCUT2D eigenvalue weighted by Gasteiger charge is -2.31. The molecule has 9 nitrogen and oxygen atoms in total. The summed E-state index contributed by atoms with van der Waals surface area (Å²) in [5, 5.41) is 2.70. The minimum absolute atomic E-state index is 0.0200. The van der Waals surface area contributed by atoms with E-state index in [4.69, 9.17) is 0 Å². The van der Waals surface area contributed by atoms with Gasteiger partial charge in [0.05, 0.1) is 16.3 Å². The Balaban J connectivity index is 1.49. The van der Waals surface area contributed by atoms with E-state index in [1.165, 1.54) is 40.7 Å². The second kappa shape index (κ2) is 12.0. The van der Waals surface area contributed by atoms with Crippen LogP contribution in [0.1, 0.15) is 16.7 Å². The Labute approximate surface area is 231 Å². The first-order chi connectivity index (χ1) is 18.4. The molecule has 0 aliphatic carbocycles. The molecule has 39 heavy (non-hydrogen) atoms. The lowest BCUT2D eigenvalue weighted by Crippen LogP contribution is -2.46. The lowest BCUT2D eigenvalue weighted by molar-refractivity contribution is -0.116. The molecule has 0 unspecified atom stereocenters. The van der Waals surface area contributed by atoms with Crippen molar-refractivity contribution in [2.45, 2.75) is 30.2 Å². The highest BCUT2D eigenvalue weighted by molar-refractivity contribution is 7.89. The van der Waals surface area contributed by atoms with Gasteiger partial charge < -0.3 is 10.2 Å². The number of amides is 1. The van der Waals surface area contributed by atoms with Crippen LogP contribution in [0.2, 0.25) is 0 Å². The smallest absolute Gasteiger partial charge is 0.243 e. The van der Waals surface area contributed by atoms with Gasteiger partial charge in [0.15, 0.2) is 0 Å². The summed E-state index contributed by atoms with van der Waals surface area (Å²) < 4.78 is 55.6. The number of carbonyl (C=O) groups excluding carboxylic acids is 1. The first-order valence-electron chi connectivity index (χ1n) is 12.7. The van der Waals surface area contributed by atoms with Crippen molar-refractivity contribution in [2.75, 3.05) is 45.1 Å². The molecule has 1 heterocycles. The molecule has 0 spiro atoms. The molecule has 0 atom stereocenters. The van der Waals surface area contributed by atoms with Gasteiger partial charge in [0.1, 0.15) is 0 Å². The second-order valence-corrected chi connectivity index (χ2v) is 13.7. The van der Waals surface area contributed by atoms with Gasteiger partial charge in [0.25, 0.3) is 0 Å². The van der Waals surface area contributed by atoms with E-state index in [1.807, 2.05) is 45.2 Å². The molecule has 1 amide bonds. The zero-order valence-electron chi connectivity index (χ0n) is 22.4. The fraction of sp³-hybridized carbons (Fsp3) is 0.321. The predicted molar refractivity (Wildman–Crippen MR) is 151 cm³/mol. The van der Waals surface area contributed by atoms with Crippen LogP contribution >= 0.6 is 0 Å². The number of aryl methyl sites for hydroxylation is 2. The van der Waals surface area contributed by atoms with E-state index in [0.29, 0.717) is 31.9 Å². The minimum Gasteiger partial charge on any atom is -0.325 e. The van der Waals surface area contributed by atoms with Crippen LogP contribution in [0.5, 0.6) is 0 Å². The van der Waals surface area contributed by atoms with Crippen LogP contribution in [0.25, 0.3) is 0 Å². The molecule has 1 aliphatic rings. The van der Waals surface area contributed by atoms with Gasteiger partial charge >= 0.3 is 0 Å². The zero-order valence-corrected chi connectivity index (χ0v) is 24.0. The molecule has 0 radical (unpaired) electrons. The average molecular weight is 571 g/mol. The first kappa shape index (κ1) is 28.9. The summed E-state index contributed by atoms with van der Waals surface area (Å²) in [6.45, 7) is 5.59. The van der Waals surface area contributed by atoms with Crippen molar-refractivity contribution >= 4 is 31.6 Å². The monoisotopic (exact) mass is 570 g/mol. The molecule has 3 aromatic carbocycles. The van der Waals surface area contributed by atoms with Gasteiger partial charge in [-0.2, -0.15) is 8.61 Å². The topological polar surface area (TPSA) is 107 Å². The number of nitrogens with zero attached hydrogens (tertiary/aromatic N) is 3. The SMILES string of the molecule is Cc1ccc(CN(CC(=O)Nc2ccc(S(=O)(=O)N3CCN(C)CC3)cc2)S(=O)(=O)c2ccc(C)cc2)cc1. The molecule has 1 fully saturated rings. The van der Waals surface area contributed by atoms with E-state index in [2.05, 4.69) is 10.2 Å². The van der Waals surface area contributed by atoms with E-state index in [1.54, 1.807) is 12.1 Å². The second-order valence-electron chi connectivity index (χ2n) is 9.85. The fourth-order valence-corrected chi connectivity index (χ4v) is 7.04. The maximum absolute atomic E-state index is 13.5. The van der Waals surface area contributed by atoms with Crippen LogP contribution in [-0.2, 0) is 31.4 Å². The molecular formula is C28H34N4O5S2. The molecule has 3 aromatic rings. The van der Waals surface area contributed by atoms with Crippen molar-refractivity contribution in [2.24, 2.45) is 0 Å². The van der Waals surface area contributed by atoms with E-state index >= 15 is 0 Å². The summed E-state index contributed by atoms with van der Waals surface area (Å²) in [7, 11) is -5.65. The third-order valence-electron chi connectivity index (χ3n) is 6.70. The number of benzene rings is 3. The van der Waals surface area contributed by atoms with Crippen LogP contribution in [0.3, 0.4) is 0 Å². The molecule has 0 bridgehead atoms. The van der Waals surface area contributed by atoms with Gasteiger partial charge in [-0.05, 0) is 62.9 Å². The Hall–Kier alpha value is -3.09. The number of hydrogen-bond donors (Lipinski definition) is 1. The highest BCUT2D eigenvalue weighted by Crippen LogP contribution is 2.22. The third kappa shape index (κ3) is 7.11. The summed E-state index contributed by atoms with van der Waals surface area (Å²) in [5.41, 5.74) is 3.10. The van der Waals surface area contributed by atoms with Gasteiger partial charge in [-0.3, -0.25) is 4.79 Å². The van der Waals surface area contributed by atoms with Gasteiger partial charge in [0, 0.05) is 38.4 Å². The van der Waals surface area contributed by atoms with E-state index in [-0.39, 0.29) is 16.3 Å². The number of likely N-dealkylation sites (N-methyl/N-ethyl adjacent to an activating group) is 1. The highest BCUT2D eigenvalue weighted by atomic mass is 32.2. The Kier molecular flexibility index (Phi) is 8.87. The minimum atomic E-state index is -3.97. The van der Waals surface area contributed by atoms with Crippen LogP contribution < -0.4 is 5.32 Å². The summed E-state index contributed by atoms with van der Waals surface area (Å²) in [6.07, 6.45) is 0. The largest absolute Gasteiger partial charge is 0.325 e. The zero-order chi connectivity index (χ0) is 28.2. The van der Waals surface area contributed by atoms with Crippen molar-refractivity contribution in [1.82, 2.24) is 13.5 Å². The van der Waals surface area contributed by atoms with Crippen LogP contribution in [0.4, 0.5) is 5.69 Å². The number of sulfonamides is 2. The molecule has 4 rings (SSSR count). The van der Waals surface area contributed by atoms with Crippen molar-refractivity contribution < 1.29 is 21.6 Å². The first-order valence-corrected chi connectivity index (χ1v) is 15.5. The van der Waals surface area contributed by atoms with E-state index < -0.39 is 32.5 Å². The van der Waals surface area contributed by atoms with Gasteiger partial charge in [0.2, 0.25) is 26.0 Å². The Morgan fingerprint density at radius 3 is 1.85 bits per heavy atom. The van der Waals surface area contributed by atoms with Crippen LogP contribution in [-0.4, -0.2) is 76.0 Å². The molecule has 1 N–H and O–H groups in total. The fourth-order valence-electron chi connectivity index (χ4n) is 4.23. The predicted octanol–water partition coefficient (Wildman–Crippen LogP) is 3.07. The van der Waals surface area contributed by atoms with E-state index in [0.717, 1.165) is 21.0 Å². The van der Waals surface area contributed by atoms with Crippen molar-refractivity contribution in [3.63, 3.8) is 0 Å². The van der Waals surface area contributed by atoms with Gasteiger partial charge in [-0.1, -0.05) is 47.5 Å². The number of nitrogens with one attached hydrogen (secondary N) is 1. The van der Waals surface area contributed by atoms with Crippen molar-refractivity contribution in [3.8, 4) is 0 Å². The number of anilines is 1. The van der Waals surface area contributed by atoms with Crippen molar-refractivity contribution in [3.05, 3.63) is 89.5 Å². The van der Waals surface area contributed by atoms with E-state index in [9.17, 15) is 21.6 Å². The molecule has 11 heteroatoms. The summed E-state index contributed by atoms with van der Waals surface area (Å²) in [4.78, 5) is 15.3. The molecular weight excluding hydrogens is 536 g/mol. The average Bonchev–Trinajstić information content (AvgIpc) is 2.90. The summed E-state index contributed by atoms with van der Waals surface area (Å²) in [5.74, 6) is -0.535. The molecule has 1 saturated heterocycles. The molecule has 0 aromatic heterocycles. The number of rotatable bonds is 9. The molecule has 208 valence electrons. The number of piperazine rings is 1. The quantitative estimate of drug-likeness (QED) is 0.424. The lowest BCUT2D eigenvalue weighted by atomic mass is 10.1. The van der Waals surface area contributed by atoms with Gasteiger partial charge in [-0.15, -0.1) is 0 Å². The van der Waals surface area contributed by atoms with Crippen molar-refractivity contribution in [1.29, 1.82) is 0 Å². The maximum Gasteiger partial charge on any atom is 0.243 e.